The fourth-order valence-corrected chi connectivity index (χ4v) is 5.10. The third-order valence-electron chi connectivity index (χ3n) is 5.56. The molecule has 1 atom stereocenters. The van der Waals surface area contributed by atoms with E-state index in [4.69, 9.17) is 0 Å². The molecule has 0 unspecified atom stereocenters. The number of para-hydroxylation sites is 1. The van der Waals surface area contributed by atoms with Gasteiger partial charge < -0.3 is 4.90 Å². The number of sulfonamides is 1. The van der Waals surface area contributed by atoms with E-state index >= 15 is 0 Å². The van der Waals surface area contributed by atoms with E-state index in [1.165, 1.54) is 23.5 Å². The first-order valence-corrected chi connectivity index (χ1v) is 11.3. The molecule has 1 amide bonds. The normalized spacial score (nSPS) is 15.7. The Kier molecular flexibility index (Phi) is 5.12. The molecule has 30 heavy (non-hydrogen) atoms. The van der Waals surface area contributed by atoms with Crippen molar-refractivity contribution in [2.45, 2.75) is 31.2 Å². The van der Waals surface area contributed by atoms with Gasteiger partial charge in [0.25, 0.3) is 15.9 Å². The van der Waals surface area contributed by atoms with Gasteiger partial charge in [-0.1, -0.05) is 42.0 Å². The van der Waals surface area contributed by atoms with Gasteiger partial charge in [-0.2, -0.15) is 0 Å². The molecule has 0 N–H and O–H groups in total. The van der Waals surface area contributed by atoms with Crippen molar-refractivity contribution in [3.8, 4) is 0 Å². The van der Waals surface area contributed by atoms with Gasteiger partial charge in [-0.3, -0.25) is 9.10 Å². The molecule has 0 saturated carbocycles. The Morgan fingerprint density at radius 1 is 1.00 bits per heavy atom. The van der Waals surface area contributed by atoms with Crippen molar-refractivity contribution in [2.24, 2.45) is 0 Å². The molecule has 5 nitrogen and oxygen atoms in total. The third kappa shape index (κ3) is 3.48. The van der Waals surface area contributed by atoms with Crippen molar-refractivity contribution >= 4 is 27.3 Å². The molecule has 1 aliphatic heterocycles. The highest BCUT2D eigenvalue weighted by Crippen LogP contribution is 2.33. The molecule has 154 valence electrons. The second-order valence-corrected chi connectivity index (χ2v) is 9.66. The molecule has 0 saturated heterocycles. The number of hydrogen-bond acceptors (Lipinski definition) is 3. The van der Waals surface area contributed by atoms with E-state index in [1.807, 2.05) is 50.2 Å². The van der Waals surface area contributed by atoms with E-state index in [9.17, 15) is 13.2 Å². The molecule has 0 spiro atoms. The molecule has 4 rings (SSSR count). The number of carbonyl (C=O) groups excluding carboxylic acids is 1. The predicted molar refractivity (Wildman–Crippen MR) is 120 cm³/mol. The van der Waals surface area contributed by atoms with Crippen LogP contribution in [0.2, 0.25) is 0 Å². The zero-order valence-electron chi connectivity index (χ0n) is 17.2. The van der Waals surface area contributed by atoms with Gasteiger partial charge >= 0.3 is 0 Å². The lowest BCUT2D eigenvalue weighted by atomic mass is 10.1. The summed E-state index contributed by atoms with van der Waals surface area (Å²) in [6.45, 7) is 3.95. The van der Waals surface area contributed by atoms with Gasteiger partial charge in [-0.15, -0.1) is 0 Å². The van der Waals surface area contributed by atoms with Crippen LogP contribution in [0.15, 0.2) is 77.7 Å². The highest BCUT2D eigenvalue weighted by atomic mass is 32.2. The van der Waals surface area contributed by atoms with Gasteiger partial charge in [0.05, 0.1) is 10.6 Å². The van der Waals surface area contributed by atoms with Crippen LogP contribution in [0.1, 0.15) is 28.4 Å². The monoisotopic (exact) mass is 420 g/mol. The summed E-state index contributed by atoms with van der Waals surface area (Å²) in [4.78, 5) is 15.1. The minimum atomic E-state index is -3.80. The highest BCUT2D eigenvalue weighted by Gasteiger charge is 2.32. The van der Waals surface area contributed by atoms with E-state index < -0.39 is 10.0 Å². The van der Waals surface area contributed by atoms with Gasteiger partial charge in [-0.05, 0) is 62.2 Å². The van der Waals surface area contributed by atoms with Crippen molar-refractivity contribution in [3.05, 3.63) is 89.5 Å². The quantitative estimate of drug-likeness (QED) is 0.628. The van der Waals surface area contributed by atoms with Gasteiger partial charge in [-0.25, -0.2) is 8.42 Å². The summed E-state index contributed by atoms with van der Waals surface area (Å²) in [6.07, 6.45) is 0.788. The smallest absolute Gasteiger partial charge is 0.264 e. The van der Waals surface area contributed by atoms with Crippen molar-refractivity contribution < 1.29 is 13.2 Å². The maximum Gasteiger partial charge on any atom is 0.264 e. The summed E-state index contributed by atoms with van der Waals surface area (Å²) in [6, 6.07) is 21.4. The van der Waals surface area contributed by atoms with Crippen molar-refractivity contribution in [1.82, 2.24) is 0 Å². The van der Waals surface area contributed by atoms with E-state index in [2.05, 4.69) is 0 Å². The molecule has 6 heteroatoms. The fourth-order valence-electron chi connectivity index (χ4n) is 3.86. The van der Waals surface area contributed by atoms with Crippen LogP contribution in [0, 0.1) is 6.92 Å². The first-order valence-electron chi connectivity index (χ1n) is 9.86. The van der Waals surface area contributed by atoms with Crippen LogP contribution in [0.5, 0.6) is 0 Å². The van der Waals surface area contributed by atoms with Gasteiger partial charge in [0.1, 0.15) is 0 Å². The molecule has 3 aromatic carbocycles. The van der Waals surface area contributed by atoms with Crippen LogP contribution < -0.4 is 9.21 Å². The summed E-state index contributed by atoms with van der Waals surface area (Å²) >= 11 is 0. The Bertz CT molecular complexity index is 1200. The Morgan fingerprint density at radius 3 is 2.43 bits per heavy atom. The van der Waals surface area contributed by atoms with Crippen LogP contribution >= 0.6 is 0 Å². The van der Waals surface area contributed by atoms with Gasteiger partial charge in [0, 0.05) is 24.3 Å². The zero-order chi connectivity index (χ0) is 21.5. The number of hydrogen-bond donors (Lipinski definition) is 0. The minimum absolute atomic E-state index is 0.0189. The van der Waals surface area contributed by atoms with E-state index in [0.717, 1.165) is 23.2 Å². The highest BCUT2D eigenvalue weighted by molar-refractivity contribution is 7.92. The third-order valence-corrected chi connectivity index (χ3v) is 7.34. The number of benzene rings is 3. The SMILES string of the molecule is Cc1ccc(N(C)S(=O)(=O)c2cccc(C(=O)N3c4ccccc4C[C@@H]3C)c2)cc1. The largest absolute Gasteiger partial charge is 0.305 e. The van der Waals surface area contributed by atoms with Crippen molar-refractivity contribution in [1.29, 1.82) is 0 Å². The van der Waals surface area contributed by atoms with Gasteiger partial charge in [0.2, 0.25) is 0 Å². The first kappa shape index (κ1) is 20.2. The molecule has 0 radical (unpaired) electrons. The lowest BCUT2D eigenvalue weighted by Crippen LogP contribution is -2.36. The number of nitrogens with zero attached hydrogens (tertiary/aromatic N) is 2. The number of rotatable bonds is 4. The maximum absolute atomic E-state index is 13.3. The van der Waals surface area contributed by atoms with Crippen LogP contribution in [0.4, 0.5) is 11.4 Å². The molecule has 0 aliphatic carbocycles. The zero-order valence-corrected chi connectivity index (χ0v) is 18.1. The predicted octanol–water partition coefficient (Wildman–Crippen LogP) is 4.41. The summed E-state index contributed by atoms with van der Waals surface area (Å²) < 4.78 is 27.6. The second kappa shape index (κ2) is 7.61. The number of anilines is 2. The van der Waals surface area contributed by atoms with Gasteiger partial charge in [0.15, 0.2) is 0 Å². The molecular formula is C24H24N2O3S. The van der Waals surface area contributed by atoms with Crippen LogP contribution in [0.3, 0.4) is 0 Å². The summed E-state index contributed by atoms with van der Waals surface area (Å²) in [5, 5.41) is 0. The lowest BCUT2D eigenvalue weighted by Gasteiger charge is -2.24. The lowest BCUT2D eigenvalue weighted by molar-refractivity contribution is 0.0981. The Labute approximate surface area is 177 Å². The molecule has 0 aromatic heterocycles. The minimum Gasteiger partial charge on any atom is -0.305 e. The van der Waals surface area contributed by atoms with Crippen molar-refractivity contribution in [3.63, 3.8) is 0 Å². The van der Waals surface area contributed by atoms with E-state index in [-0.39, 0.29) is 16.8 Å². The van der Waals surface area contributed by atoms with E-state index in [1.54, 1.807) is 29.2 Å². The Balaban J connectivity index is 1.67. The Morgan fingerprint density at radius 2 is 1.70 bits per heavy atom. The van der Waals surface area contributed by atoms with E-state index in [0.29, 0.717) is 11.3 Å². The molecule has 1 heterocycles. The van der Waals surface area contributed by atoms with Crippen molar-refractivity contribution in [2.75, 3.05) is 16.3 Å². The topological polar surface area (TPSA) is 57.7 Å². The molecule has 0 fully saturated rings. The molecule has 1 aliphatic rings. The average molecular weight is 421 g/mol. The van der Waals surface area contributed by atoms with Crippen LogP contribution in [-0.2, 0) is 16.4 Å². The average Bonchev–Trinajstić information content (AvgIpc) is 3.09. The summed E-state index contributed by atoms with van der Waals surface area (Å²) in [7, 11) is -2.27. The number of carbonyl (C=O) groups is 1. The standard InChI is InChI=1S/C24H24N2O3S/c1-17-11-13-21(14-12-17)25(3)30(28,29)22-9-6-8-20(16-22)24(27)26-18(2)15-19-7-4-5-10-23(19)26/h4-14,16,18H,15H2,1-3H3/t18-/m0/s1. The number of fused-ring (bicyclic) bond motifs is 1. The molecular weight excluding hydrogens is 396 g/mol. The maximum atomic E-state index is 13.3. The Hall–Kier alpha value is -3.12. The fraction of sp³-hybridized carbons (Fsp3) is 0.208. The second-order valence-electron chi connectivity index (χ2n) is 7.69. The molecule has 3 aromatic rings. The summed E-state index contributed by atoms with van der Waals surface area (Å²) in [5.74, 6) is -0.192. The molecule has 0 bridgehead atoms. The van der Waals surface area contributed by atoms with Crippen LogP contribution in [-0.4, -0.2) is 27.4 Å². The summed E-state index contributed by atoms with van der Waals surface area (Å²) in [5.41, 5.74) is 4.00. The van der Waals surface area contributed by atoms with Crippen LogP contribution in [0.25, 0.3) is 0 Å². The first-order chi connectivity index (χ1) is 14.3. The number of amides is 1. The number of aryl methyl sites for hydroxylation is 1.